The van der Waals surface area contributed by atoms with Gasteiger partial charge in [0.15, 0.2) is 0 Å². The van der Waals surface area contributed by atoms with Crippen LogP contribution in [0.25, 0.3) is 0 Å². The van der Waals surface area contributed by atoms with Crippen LogP contribution in [0, 0.1) is 0 Å². The molecule has 0 saturated carbocycles. The minimum Gasteiger partial charge on any atom is -0.350 e. The number of hydrogen-bond acceptors (Lipinski definition) is 2. The number of hydrogen-bond donors (Lipinski definition) is 2. The molecule has 0 unspecified atom stereocenters. The highest BCUT2D eigenvalue weighted by molar-refractivity contribution is 9.10. The highest BCUT2D eigenvalue weighted by Gasteiger charge is 2.07. The summed E-state index contributed by atoms with van der Waals surface area (Å²) in [5.74, 6) is -0.228. The fourth-order valence-electron chi connectivity index (χ4n) is 1.24. The van der Waals surface area contributed by atoms with E-state index in [-0.39, 0.29) is 11.9 Å². The van der Waals surface area contributed by atoms with Crippen molar-refractivity contribution in [3.8, 4) is 0 Å². The van der Waals surface area contributed by atoms with Crippen molar-refractivity contribution in [2.45, 2.75) is 0 Å². The summed E-state index contributed by atoms with van der Waals surface area (Å²) in [6.07, 6.45) is 0. The molecule has 0 aliphatic carbocycles. The minimum atomic E-state index is -0.228. The Balaban J connectivity index is 2.39. The van der Waals surface area contributed by atoms with Crippen LogP contribution in [-0.2, 0) is 0 Å². The molecule has 19 heavy (non-hydrogen) atoms. The van der Waals surface area contributed by atoms with E-state index in [0.717, 1.165) is 4.47 Å². The standard InChI is InChI=1S/C12H15BrClN3O2/c1-17(2)12(19)16-6-5-15-11(18)8-3-4-9(13)10(14)7-8/h3-4,7H,5-6H2,1-2H3,(H,15,18)(H,16,19). The molecule has 2 N–H and O–H groups in total. The Bertz CT molecular complexity index is 480. The summed E-state index contributed by atoms with van der Waals surface area (Å²) in [5, 5.41) is 5.82. The second-order valence-electron chi connectivity index (χ2n) is 4.01. The van der Waals surface area contributed by atoms with Crippen LogP contribution in [-0.4, -0.2) is 44.0 Å². The number of rotatable bonds is 4. The van der Waals surface area contributed by atoms with Gasteiger partial charge in [-0.3, -0.25) is 4.79 Å². The van der Waals surface area contributed by atoms with Crippen molar-refractivity contribution in [1.29, 1.82) is 0 Å². The Morgan fingerprint density at radius 2 is 1.89 bits per heavy atom. The molecule has 0 aliphatic heterocycles. The molecule has 0 bridgehead atoms. The summed E-state index contributed by atoms with van der Waals surface area (Å²) in [4.78, 5) is 24.4. The molecule has 0 spiro atoms. The monoisotopic (exact) mass is 347 g/mol. The largest absolute Gasteiger partial charge is 0.350 e. The Morgan fingerprint density at radius 3 is 2.47 bits per heavy atom. The molecular formula is C12H15BrClN3O2. The van der Waals surface area contributed by atoms with E-state index >= 15 is 0 Å². The van der Waals surface area contributed by atoms with Crippen LogP contribution in [0.1, 0.15) is 10.4 Å². The van der Waals surface area contributed by atoms with Gasteiger partial charge in [0.1, 0.15) is 0 Å². The first-order valence-corrected chi connectivity index (χ1v) is 6.77. The van der Waals surface area contributed by atoms with Crippen molar-refractivity contribution in [2.24, 2.45) is 0 Å². The third-order valence-electron chi connectivity index (χ3n) is 2.27. The van der Waals surface area contributed by atoms with Crippen LogP contribution in [0.15, 0.2) is 22.7 Å². The van der Waals surface area contributed by atoms with E-state index in [9.17, 15) is 9.59 Å². The number of nitrogens with one attached hydrogen (secondary N) is 2. The molecule has 0 saturated heterocycles. The molecule has 1 aromatic rings. The van der Waals surface area contributed by atoms with Crippen molar-refractivity contribution in [2.75, 3.05) is 27.2 Å². The molecule has 0 radical (unpaired) electrons. The highest BCUT2D eigenvalue weighted by atomic mass is 79.9. The average molecular weight is 349 g/mol. The zero-order valence-electron chi connectivity index (χ0n) is 10.7. The second-order valence-corrected chi connectivity index (χ2v) is 5.27. The van der Waals surface area contributed by atoms with Gasteiger partial charge in [-0.25, -0.2) is 4.79 Å². The van der Waals surface area contributed by atoms with Crippen molar-refractivity contribution >= 4 is 39.5 Å². The number of benzene rings is 1. The number of carbonyl (C=O) groups is 2. The van der Waals surface area contributed by atoms with Gasteiger partial charge in [0, 0.05) is 37.2 Å². The molecule has 0 heterocycles. The van der Waals surface area contributed by atoms with E-state index in [4.69, 9.17) is 11.6 Å². The number of nitrogens with zero attached hydrogens (tertiary/aromatic N) is 1. The predicted molar refractivity (Wildman–Crippen MR) is 78.6 cm³/mol. The number of carbonyl (C=O) groups excluding carboxylic acids is 2. The first-order valence-electron chi connectivity index (χ1n) is 5.60. The highest BCUT2D eigenvalue weighted by Crippen LogP contribution is 2.22. The van der Waals surface area contributed by atoms with E-state index in [1.54, 1.807) is 32.3 Å². The molecule has 0 aromatic heterocycles. The van der Waals surface area contributed by atoms with Gasteiger partial charge in [-0.1, -0.05) is 11.6 Å². The van der Waals surface area contributed by atoms with Crippen LogP contribution in [0.2, 0.25) is 5.02 Å². The van der Waals surface area contributed by atoms with Crippen molar-refractivity contribution in [3.05, 3.63) is 33.3 Å². The van der Waals surface area contributed by atoms with Gasteiger partial charge in [-0.2, -0.15) is 0 Å². The normalized spacial score (nSPS) is 9.89. The Hall–Kier alpha value is -1.27. The smallest absolute Gasteiger partial charge is 0.316 e. The third kappa shape index (κ3) is 5.08. The van der Waals surface area contributed by atoms with E-state index < -0.39 is 0 Å². The second kappa shape index (κ2) is 7.35. The van der Waals surface area contributed by atoms with Gasteiger partial charge in [0.2, 0.25) is 0 Å². The number of amides is 3. The summed E-state index contributed by atoms with van der Waals surface area (Å²) >= 11 is 9.16. The van der Waals surface area contributed by atoms with Gasteiger partial charge < -0.3 is 15.5 Å². The Morgan fingerprint density at radius 1 is 1.26 bits per heavy atom. The lowest BCUT2D eigenvalue weighted by Gasteiger charge is -2.12. The number of halogens is 2. The molecule has 104 valence electrons. The Kier molecular flexibility index (Phi) is 6.11. The lowest BCUT2D eigenvalue weighted by Crippen LogP contribution is -2.39. The third-order valence-corrected chi connectivity index (χ3v) is 3.51. The lowest BCUT2D eigenvalue weighted by atomic mass is 10.2. The van der Waals surface area contributed by atoms with Crippen molar-refractivity contribution < 1.29 is 9.59 Å². The fourth-order valence-corrected chi connectivity index (χ4v) is 1.67. The lowest BCUT2D eigenvalue weighted by molar-refractivity contribution is 0.0953. The van der Waals surface area contributed by atoms with Crippen LogP contribution in [0.5, 0.6) is 0 Å². The van der Waals surface area contributed by atoms with Crippen molar-refractivity contribution in [3.63, 3.8) is 0 Å². The molecule has 5 nitrogen and oxygen atoms in total. The van der Waals surface area contributed by atoms with Crippen LogP contribution < -0.4 is 10.6 Å². The zero-order chi connectivity index (χ0) is 14.4. The topological polar surface area (TPSA) is 61.4 Å². The SMILES string of the molecule is CN(C)C(=O)NCCNC(=O)c1ccc(Br)c(Cl)c1. The van der Waals surface area contributed by atoms with Gasteiger partial charge in [-0.15, -0.1) is 0 Å². The van der Waals surface area contributed by atoms with E-state index in [0.29, 0.717) is 23.7 Å². The maximum absolute atomic E-state index is 11.8. The van der Waals surface area contributed by atoms with Gasteiger partial charge >= 0.3 is 6.03 Å². The summed E-state index contributed by atoms with van der Waals surface area (Å²) in [6, 6.07) is 4.77. The quantitative estimate of drug-likeness (QED) is 0.819. The van der Waals surface area contributed by atoms with E-state index in [1.807, 2.05) is 0 Å². The van der Waals surface area contributed by atoms with E-state index in [2.05, 4.69) is 26.6 Å². The molecule has 0 atom stereocenters. The van der Waals surface area contributed by atoms with Gasteiger partial charge in [0.25, 0.3) is 5.91 Å². The first-order chi connectivity index (χ1) is 8.91. The maximum Gasteiger partial charge on any atom is 0.316 e. The van der Waals surface area contributed by atoms with Crippen LogP contribution in [0.4, 0.5) is 4.79 Å². The fraction of sp³-hybridized carbons (Fsp3) is 0.333. The molecule has 0 aliphatic rings. The molecular weight excluding hydrogens is 334 g/mol. The average Bonchev–Trinajstić information content (AvgIpc) is 2.37. The van der Waals surface area contributed by atoms with Crippen LogP contribution in [0.3, 0.4) is 0 Å². The molecule has 1 aromatic carbocycles. The summed E-state index contributed by atoms with van der Waals surface area (Å²) in [7, 11) is 3.30. The Labute approximate surface area is 125 Å². The summed E-state index contributed by atoms with van der Waals surface area (Å²) in [6.45, 7) is 0.721. The van der Waals surface area contributed by atoms with Gasteiger partial charge in [-0.05, 0) is 34.1 Å². The predicted octanol–water partition coefficient (Wildman–Crippen LogP) is 2.10. The molecule has 1 rings (SSSR count). The molecule has 0 fully saturated rings. The zero-order valence-corrected chi connectivity index (χ0v) is 13.0. The van der Waals surface area contributed by atoms with Gasteiger partial charge in [0.05, 0.1) is 5.02 Å². The number of urea groups is 1. The minimum absolute atomic E-state index is 0.194. The maximum atomic E-state index is 11.8. The molecule has 7 heteroatoms. The summed E-state index contributed by atoms with van der Waals surface area (Å²) in [5.41, 5.74) is 0.479. The van der Waals surface area contributed by atoms with E-state index in [1.165, 1.54) is 4.90 Å². The first kappa shape index (κ1) is 15.8. The van der Waals surface area contributed by atoms with Crippen LogP contribution >= 0.6 is 27.5 Å². The summed E-state index contributed by atoms with van der Waals surface area (Å²) < 4.78 is 0.740. The van der Waals surface area contributed by atoms with Crippen molar-refractivity contribution in [1.82, 2.24) is 15.5 Å². The molecule has 3 amide bonds.